The van der Waals surface area contributed by atoms with Gasteiger partial charge in [-0.25, -0.2) is 0 Å². The fourth-order valence-electron chi connectivity index (χ4n) is 4.80. The van der Waals surface area contributed by atoms with E-state index in [1.807, 2.05) is 0 Å². The molecule has 2 bridgehead atoms. The number of ether oxygens (including phenoxy) is 1. The monoisotopic (exact) mass is 392 g/mol. The summed E-state index contributed by atoms with van der Waals surface area (Å²) >= 11 is 0. The average molecular weight is 392 g/mol. The van der Waals surface area contributed by atoms with Gasteiger partial charge in [-0.3, -0.25) is 24.2 Å². The van der Waals surface area contributed by atoms with E-state index in [2.05, 4.69) is 12.2 Å². The molecule has 29 heavy (non-hydrogen) atoms. The maximum absolute atomic E-state index is 13.1. The number of fused-ring (bicyclic) bond motifs is 5. The second-order valence-electron chi connectivity index (χ2n) is 7.65. The topological polar surface area (TPSA) is 80.1 Å². The molecule has 7 heteroatoms. The minimum Gasteiger partial charge on any atom is -0.497 e. The molecule has 0 unspecified atom stereocenters. The Morgan fingerprint density at radius 3 is 2.31 bits per heavy atom. The Morgan fingerprint density at radius 1 is 1.10 bits per heavy atom. The summed E-state index contributed by atoms with van der Waals surface area (Å²) < 4.78 is 10.4. The highest BCUT2D eigenvalue weighted by Gasteiger charge is 2.59. The molecule has 1 aromatic heterocycles. The molecule has 1 saturated carbocycles. The zero-order valence-electron chi connectivity index (χ0n) is 15.9. The van der Waals surface area contributed by atoms with Crippen molar-refractivity contribution in [3.05, 3.63) is 60.6 Å². The van der Waals surface area contributed by atoms with E-state index in [4.69, 9.17) is 9.15 Å². The van der Waals surface area contributed by atoms with E-state index in [1.165, 1.54) is 16.1 Å². The summed E-state index contributed by atoms with van der Waals surface area (Å²) in [5.41, 5.74) is 0.547. The molecule has 1 aliphatic heterocycles. The Bertz CT molecular complexity index is 965. The first-order valence-electron chi connectivity index (χ1n) is 9.61. The highest BCUT2D eigenvalue weighted by Crippen LogP contribution is 2.52. The van der Waals surface area contributed by atoms with Crippen molar-refractivity contribution in [1.82, 2.24) is 4.90 Å². The number of imide groups is 1. The number of rotatable bonds is 5. The number of allylic oxidation sites excluding steroid dienone is 2. The van der Waals surface area contributed by atoms with Crippen molar-refractivity contribution < 1.29 is 23.5 Å². The lowest BCUT2D eigenvalue weighted by Gasteiger charge is -2.27. The predicted octanol–water partition coefficient (Wildman–Crippen LogP) is 2.70. The molecule has 1 saturated heterocycles. The number of anilines is 1. The van der Waals surface area contributed by atoms with Crippen LogP contribution < -0.4 is 9.64 Å². The van der Waals surface area contributed by atoms with Gasteiger partial charge in [-0.15, -0.1) is 0 Å². The van der Waals surface area contributed by atoms with E-state index in [0.29, 0.717) is 11.4 Å². The van der Waals surface area contributed by atoms with Crippen LogP contribution in [0, 0.1) is 23.7 Å². The van der Waals surface area contributed by atoms with Gasteiger partial charge in [0.2, 0.25) is 11.8 Å². The number of benzene rings is 1. The van der Waals surface area contributed by atoms with Gasteiger partial charge >= 0.3 is 0 Å². The standard InChI is InChI=1S/C22H20N2O5/c1-28-16-8-6-15(7-9-16)23(20(25)17-3-2-10-29-17)12-24-21(26)18-13-4-5-14(11-13)19(18)22(24)27/h2-10,13-14,18-19H,11-12H2,1H3/t13-,14-,18-,19+/m1/s1. The molecule has 2 heterocycles. The quantitative estimate of drug-likeness (QED) is 0.577. The normalized spacial score (nSPS) is 26.9. The van der Waals surface area contributed by atoms with Gasteiger partial charge in [0, 0.05) is 5.69 Å². The van der Waals surface area contributed by atoms with E-state index in [0.717, 1.165) is 6.42 Å². The van der Waals surface area contributed by atoms with E-state index >= 15 is 0 Å². The molecule has 5 rings (SSSR count). The van der Waals surface area contributed by atoms with E-state index in [9.17, 15) is 14.4 Å². The first kappa shape index (κ1) is 17.7. The van der Waals surface area contributed by atoms with Gasteiger partial charge in [0.05, 0.1) is 25.2 Å². The average Bonchev–Trinajstić information content (AvgIpc) is 3.53. The van der Waals surface area contributed by atoms with Crippen LogP contribution in [0.3, 0.4) is 0 Å². The lowest BCUT2D eigenvalue weighted by molar-refractivity contribution is -0.140. The third kappa shape index (κ3) is 2.68. The van der Waals surface area contributed by atoms with Crippen LogP contribution in [-0.2, 0) is 9.59 Å². The zero-order valence-corrected chi connectivity index (χ0v) is 15.9. The number of carbonyl (C=O) groups excluding carboxylic acids is 3. The van der Waals surface area contributed by atoms with Gasteiger partial charge in [0.15, 0.2) is 5.76 Å². The molecular weight excluding hydrogens is 372 g/mol. The number of hydrogen-bond acceptors (Lipinski definition) is 5. The number of hydrogen-bond donors (Lipinski definition) is 0. The Kier molecular flexibility index (Phi) is 4.04. The second kappa shape index (κ2) is 6.62. The van der Waals surface area contributed by atoms with Crippen LogP contribution in [0.15, 0.2) is 59.2 Å². The second-order valence-corrected chi connectivity index (χ2v) is 7.65. The number of furan rings is 1. The van der Waals surface area contributed by atoms with E-state index in [1.54, 1.807) is 43.5 Å². The number of methoxy groups -OCH3 is 1. The molecule has 3 aliphatic rings. The molecule has 148 valence electrons. The molecule has 1 aromatic carbocycles. The number of likely N-dealkylation sites (tertiary alicyclic amines) is 1. The molecular formula is C22H20N2O5. The molecule has 2 fully saturated rings. The maximum Gasteiger partial charge on any atom is 0.295 e. The smallest absolute Gasteiger partial charge is 0.295 e. The third-order valence-corrected chi connectivity index (χ3v) is 6.21. The molecule has 4 atom stereocenters. The van der Waals surface area contributed by atoms with Crippen molar-refractivity contribution in [3.63, 3.8) is 0 Å². The summed E-state index contributed by atoms with van der Waals surface area (Å²) in [6, 6.07) is 10.1. The van der Waals surface area contributed by atoms with Crippen molar-refractivity contribution in [1.29, 1.82) is 0 Å². The van der Waals surface area contributed by atoms with Gasteiger partial charge < -0.3 is 9.15 Å². The van der Waals surface area contributed by atoms with Gasteiger partial charge in [-0.05, 0) is 54.7 Å². The molecule has 0 N–H and O–H groups in total. The van der Waals surface area contributed by atoms with Crippen molar-refractivity contribution >= 4 is 23.4 Å². The Hall–Kier alpha value is -3.35. The molecule has 2 aromatic rings. The van der Waals surface area contributed by atoms with Crippen LogP contribution in [0.1, 0.15) is 17.0 Å². The van der Waals surface area contributed by atoms with Crippen molar-refractivity contribution in [3.8, 4) is 5.75 Å². The maximum atomic E-state index is 13.1. The van der Waals surface area contributed by atoms with Gasteiger partial charge in [-0.1, -0.05) is 12.2 Å². The number of amides is 3. The Balaban J connectivity index is 1.46. The van der Waals surface area contributed by atoms with Crippen LogP contribution >= 0.6 is 0 Å². The van der Waals surface area contributed by atoms with E-state index < -0.39 is 5.91 Å². The molecule has 2 aliphatic carbocycles. The van der Waals surface area contributed by atoms with Crippen LogP contribution in [0.4, 0.5) is 5.69 Å². The lowest BCUT2D eigenvalue weighted by Crippen LogP contribution is -2.45. The SMILES string of the molecule is COc1ccc(N(CN2C(=O)[C@@H]3[C@H](C2=O)[C@@H]2C=C[C@@H]3C2)C(=O)c2ccco2)cc1. The van der Waals surface area contributed by atoms with E-state index in [-0.39, 0.29) is 47.9 Å². The summed E-state index contributed by atoms with van der Waals surface area (Å²) in [5.74, 6) is -0.359. The van der Waals surface area contributed by atoms with Crippen molar-refractivity contribution in [2.45, 2.75) is 6.42 Å². The predicted molar refractivity (Wildman–Crippen MR) is 103 cm³/mol. The highest BCUT2D eigenvalue weighted by molar-refractivity contribution is 6.09. The van der Waals surface area contributed by atoms with Crippen LogP contribution in [-0.4, -0.2) is 36.4 Å². The van der Waals surface area contributed by atoms with Gasteiger partial charge in [0.1, 0.15) is 12.4 Å². The molecule has 0 radical (unpaired) electrons. The highest BCUT2D eigenvalue weighted by atomic mass is 16.5. The molecule has 3 amide bonds. The minimum absolute atomic E-state index is 0.127. The Labute approximate surface area is 167 Å². The largest absolute Gasteiger partial charge is 0.497 e. The first-order chi connectivity index (χ1) is 14.1. The van der Waals surface area contributed by atoms with Crippen molar-refractivity contribution in [2.24, 2.45) is 23.7 Å². The fourth-order valence-corrected chi connectivity index (χ4v) is 4.80. The first-order valence-corrected chi connectivity index (χ1v) is 9.61. The Morgan fingerprint density at radius 2 is 1.76 bits per heavy atom. The lowest BCUT2D eigenvalue weighted by atomic mass is 9.85. The zero-order chi connectivity index (χ0) is 20.1. The summed E-state index contributed by atoms with van der Waals surface area (Å²) in [4.78, 5) is 41.8. The van der Waals surface area contributed by atoms with Crippen LogP contribution in [0.5, 0.6) is 5.75 Å². The molecule has 0 spiro atoms. The third-order valence-electron chi connectivity index (χ3n) is 6.21. The number of nitrogens with zero attached hydrogens (tertiary/aromatic N) is 2. The van der Waals surface area contributed by atoms with Crippen LogP contribution in [0.25, 0.3) is 0 Å². The van der Waals surface area contributed by atoms with Gasteiger partial charge in [-0.2, -0.15) is 0 Å². The summed E-state index contributed by atoms with van der Waals surface area (Å²) in [7, 11) is 1.56. The fraction of sp³-hybridized carbons (Fsp3) is 0.318. The van der Waals surface area contributed by atoms with Crippen molar-refractivity contribution in [2.75, 3.05) is 18.7 Å². The molecule has 7 nitrogen and oxygen atoms in total. The summed E-state index contributed by atoms with van der Waals surface area (Å²) in [6.07, 6.45) is 6.39. The van der Waals surface area contributed by atoms with Crippen LogP contribution in [0.2, 0.25) is 0 Å². The summed E-state index contributed by atoms with van der Waals surface area (Å²) in [5, 5.41) is 0. The summed E-state index contributed by atoms with van der Waals surface area (Å²) in [6.45, 7) is -0.143. The van der Waals surface area contributed by atoms with Gasteiger partial charge in [0.25, 0.3) is 5.91 Å². The minimum atomic E-state index is -0.418. The number of carbonyl (C=O) groups is 3.